The summed E-state index contributed by atoms with van der Waals surface area (Å²) in [5.41, 5.74) is 6.58. The van der Waals surface area contributed by atoms with Gasteiger partial charge in [-0.05, 0) is 60.5 Å². The summed E-state index contributed by atoms with van der Waals surface area (Å²) < 4.78 is 4.23. The van der Waals surface area contributed by atoms with Gasteiger partial charge in [-0.25, -0.2) is 0 Å². The molecule has 1 amide bonds. The normalized spacial score (nSPS) is 12.7. The molecule has 5 rings (SSSR count). The minimum atomic E-state index is 0.0838. The molecule has 0 spiro atoms. The fourth-order valence-electron chi connectivity index (χ4n) is 3.72. The van der Waals surface area contributed by atoms with Gasteiger partial charge in [0.15, 0.2) is 0 Å². The van der Waals surface area contributed by atoms with Crippen molar-refractivity contribution in [2.24, 2.45) is 0 Å². The summed E-state index contributed by atoms with van der Waals surface area (Å²) in [5.74, 6) is 0.0838. The van der Waals surface area contributed by atoms with Crippen molar-refractivity contribution < 1.29 is 10.0 Å². The van der Waals surface area contributed by atoms with Gasteiger partial charge in [0.25, 0.3) is 5.91 Å². The first kappa shape index (κ1) is 21.5. The molecular weight excluding hydrogens is 452 g/mol. The van der Waals surface area contributed by atoms with Crippen LogP contribution in [0.5, 0.6) is 0 Å². The standard InChI is InChI=1S/C25H22N4O2S2/c1-16-3-6-21(7-4-16)29(31)33-27-20-12-18(13-26-14-20)24-10-9-23(32-24)17-5-8-22-19(11-17)15-28(2)25(22)30/h3-14,27,31H,15H2,1-2H3. The van der Waals surface area contributed by atoms with Gasteiger partial charge in [-0.3, -0.25) is 15.0 Å². The van der Waals surface area contributed by atoms with Crippen LogP contribution >= 0.6 is 23.5 Å². The SMILES string of the molecule is Cc1ccc(N(O)SNc2cncc(-c3ccc(-c4ccc5c(c4)CN(C)C5=O)s3)c2)cc1. The van der Waals surface area contributed by atoms with Gasteiger partial charge >= 0.3 is 0 Å². The number of carbonyl (C=O) groups is 1. The number of benzene rings is 2. The number of nitrogens with zero attached hydrogens (tertiary/aromatic N) is 3. The topological polar surface area (TPSA) is 68.7 Å². The van der Waals surface area contributed by atoms with Crippen LogP contribution in [0.4, 0.5) is 11.4 Å². The van der Waals surface area contributed by atoms with Crippen molar-refractivity contribution >= 4 is 40.8 Å². The fraction of sp³-hybridized carbons (Fsp3) is 0.120. The minimum absolute atomic E-state index is 0.0838. The van der Waals surface area contributed by atoms with Gasteiger partial charge < -0.3 is 9.62 Å². The highest BCUT2D eigenvalue weighted by atomic mass is 32.2. The molecular formula is C25H22N4O2S2. The average molecular weight is 475 g/mol. The monoisotopic (exact) mass is 474 g/mol. The van der Waals surface area contributed by atoms with E-state index in [-0.39, 0.29) is 5.91 Å². The number of fused-ring (bicyclic) bond motifs is 1. The number of hydrogen-bond acceptors (Lipinski definition) is 7. The number of aromatic nitrogens is 1. The Balaban J connectivity index is 1.30. The number of amides is 1. The Hall–Kier alpha value is -3.33. The molecule has 0 atom stereocenters. The predicted octanol–water partition coefficient (Wildman–Crippen LogP) is 6.24. The van der Waals surface area contributed by atoms with Gasteiger partial charge in [0.2, 0.25) is 0 Å². The van der Waals surface area contributed by atoms with Crippen LogP contribution in [0.2, 0.25) is 0 Å². The molecule has 4 aromatic rings. The van der Waals surface area contributed by atoms with Crippen molar-refractivity contribution in [2.45, 2.75) is 13.5 Å². The number of aryl methyl sites for hydroxylation is 1. The van der Waals surface area contributed by atoms with Crippen LogP contribution in [-0.2, 0) is 6.54 Å². The zero-order valence-corrected chi connectivity index (χ0v) is 19.8. The zero-order chi connectivity index (χ0) is 22.9. The molecule has 33 heavy (non-hydrogen) atoms. The number of thiophene rings is 1. The van der Waals surface area contributed by atoms with Gasteiger partial charge in [0.05, 0.1) is 29.7 Å². The summed E-state index contributed by atoms with van der Waals surface area (Å²) in [6.07, 6.45) is 3.56. The Morgan fingerprint density at radius 2 is 1.79 bits per heavy atom. The summed E-state index contributed by atoms with van der Waals surface area (Å²) in [6.45, 7) is 2.66. The third-order valence-electron chi connectivity index (χ3n) is 5.51. The predicted molar refractivity (Wildman–Crippen MR) is 135 cm³/mol. The van der Waals surface area contributed by atoms with E-state index in [1.165, 1.54) is 0 Å². The van der Waals surface area contributed by atoms with Gasteiger partial charge in [-0.1, -0.05) is 23.8 Å². The first-order chi connectivity index (χ1) is 16.0. The van der Waals surface area contributed by atoms with Crippen molar-refractivity contribution in [2.75, 3.05) is 16.2 Å². The van der Waals surface area contributed by atoms with E-state index < -0.39 is 0 Å². The van der Waals surface area contributed by atoms with Gasteiger partial charge in [-0.15, -0.1) is 11.3 Å². The van der Waals surface area contributed by atoms with Crippen LogP contribution in [0.15, 0.2) is 73.1 Å². The molecule has 0 radical (unpaired) electrons. The van der Waals surface area contributed by atoms with E-state index in [9.17, 15) is 10.0 Å². The molecule has 0 unspecified atom stereocenters. The van der Waals surface area contributed by atoms with E-state index in [1.807, 2.05) is 62.6 Å². The summed E-state index contributed by atoms with van der Waals surface area (Å²) >= 11 is 2.76. The lowest BCUT2D eigenvalue weighted by Crippen LogP contribution is -2.17. The second-order valence-electron chi connectivity index (χ2n) is 7.96. The fourth-order valence-corrected chi connectivity index (χ4v) is 5.23. The highest BCUT2D eigenvalue weighted by Crippen LogP contribution is 2.37. The Bertz CT molecular complexity index is 1320. The van der Waals surface area contributed by atoms with Crippen molar-refractivity contribution in [1.29, 1.82) is 0 Å². The smallest absolute Gasteiger partial charge is 0.254 e. The van der Waals surface area contributed by atoms with Gasteiger partial charge in [0.1, 0.15) is 0 Å². The molecule has 0 saturated heterocycles. The molecule has 166 valence electrons. The van der Waals surface area contributed by atoms with E-state index in [1.54, 1.807) is 22.4 Å². The van der Waals surface area contributed by atoms with Crippen LogP contribution < -0.4 is 9.19 Å². The maximum atomic E-state index is 12.2. The van der Waals surface area contributed by atoms with Gasteiger partial charge in [0, 0.05) is 40.7 Å². The third-order valence-corrected chi connectivity index (χ3v) is 7.40. The van der Waals surface area contributed by atoms with Crippen LogP contribution in [-0.4, -0.2) is 28.0 Å². The molecule has 2 aromatic heterocycles. The van der Waals surface area contributed by atoms with Crippen LogP contribution in [0.25, 0.3) is 20.9 Å². The maximum absolute atomic E-state index is 12.2. The molecule has 8 heteroatoms. The Labute approximate surface area is 200 Å². The van der Waals surface area contributed by atoms with Crippen molar-refractivity contribution in [3.05, 3.63) is 89.7 Å². The lowest BCUT2D eigenvalue weighted by molar-refractivity contribution is 0.0816. The Morgan fingerprint density at radius 1 is 1.03 bits per heavy atom. The first-order valence-electron chi connectivity index (χ1n) is 10.4. The number of hydrogen-bond donors (Lipinski definition) is 2. The summed E-state index contributed by atoms with van der Waals surface area (Å²) in [7, 11) is 1.83. The molecule has 2 aromatic carbocycles. The van der Waals surface area contributed by atoms with E-state index >= 15 is 0 Å². The lowest BCUT2D eigenvalue weighted by Gasteiger charge is -2.16. The molecule has 1 aliphatic heterocycles. The summed E-state index contributed by atoms with van der Waals surface area (Å²) in [5, 5.41) is 10.3. The van der Waals surface area contributed by atoms with Crippen molar-refractivity contribution in [1.82, 2.24) is 9.88 Å². The number of nitrogens with one attached hydrogen (secondary N) is 1. The van der Waals surface area contributed by atoms with E-state index in [2.05, 4.69) is 27.9 Å². The Kier molecular flexibility index (Phi) is 5.80. The molecule has 1 aliphatic rings. The maximum Gasteiger partial charge on any atom is 0.254 e. The summed E-state index contributed by atoms with van der Waals surface area (Å²) in [6, 6.07) is 19.9. The highest BCUT2D eigenvalue weighted by molar-refractivity contribution is 8.01. The molecule has 2 N–H and O–H groups in total. The molecule has 0 bridgehead atoms. The molecule has 6 nitrogen and oxygen atoms in total. The number of anilines is 2. The number of rotatable bonds is 6. The number of pyridine rings is 1. The van der Waals surface area contributed by atoms with Crippen molar-refractivity contribution in [3.63, 3.8) is 0 Å². The largest absolute Gasteiger partial charge is 0.337 e. The second-order valence-corrected chi connectivity index (χ2v) is 9.78. The quantitative estimate of drug-likeness (QED) is 0.255. The highest BCUT2D eigenvalue weighted by Gasteiger charge is 2.24. The average Bonchev–Trinajstić information content (AvgIpc) is 3.43. The molecule has 0 aliphatic carbocycles. The lowest BCUT2D eigenvalue weighted by atomic mass is 10.1. The summed E-state index contributed by atoms with van der Waals surface area (Å²) in [4.78, 5) is 20.5. The van der Waals surface area contributed by atoms with E-state index in [0.717, 1.165) is 59.9 Å². The van der Waals surface area contributed by atoms with E-state index in [4.69, 9.17) is 0 Å². The van der Waals surface area contributed by atoms with E-state index in [0.29, 0.717) is 12.2 Å². The van der Waals surface area contributed by atoms with Gasteiger partial charge in [-0.2, -0.15) is 4.47 Å². The number of carbonyl (C=O) groups excluding carboxylic acids is 1. The van der Waals surface area contributed by atoms with Crippen molar-refractivity contribution in [3.8, 4) is 20.9 Å². The second kappa shape index (κ2) is 8.90. The third kappa shape index (κ3) is 4.45. The molecule has 3 heterocycles. The minimum Gasteiger partial charge on any atom is -0.337 e. The van der Waals surface area contributed by atoms with Crippen LogP contribution in [0, 0.1) is 6.92 Å². The Morgan fingerprint density at radius 3 is 2.58 bits per heavy atom. The molecule has 0 saturated carbocycles. The molecule has 0 fully saturated rings. The van der Waals surface area contributed by atoms with Crippen LogP contribution in [0.1, 0.15) is 21.5 Å². The zero-order valence-electron chi connectivity index (χ0n) is 18.1. The van der Waals surface area contributed by atoms with Crippen LogP contribution in [0.3, 0.4) is 0 Å². The first-order valence-corrected chi connectivity index (χ1v) is 12.0.